The third-order valence-electron chi connectivity index (χ3n) is 9.89. The number of aliphatic hydroxyl groups is 1. The van der Waals surface area contributed by atoms with Crippen LogP contribution in [0.15, 0.2) is 11.6 Å². The van der Waals surface area contributed by atoms with Gasteiger partial charge in [0.1, 0.15) is 0 Å². The van der Waals surface area contributed by atoms with Gasteiger partial charge < -0.3 is 10.5 Å². The molecule has 0 radical (unpaired) electrons. The summed E-state index contributed by atoms with van der Waals surface area (Å²) in [5.74, 6) is 7.04. The van der Waals surface area contributed by atoms with Crippen LogP contribution in [0, 0.1) is 58.2 Å². The van der Waals surface area contributed by atoms with Crippen LogP contribution in [0.5, 0.6) is 0 Å². The highest BCUT2D eigenvalue weighted by Crippen LogP contribution is 2.77. The van der Waals surface area contributed by atoms with Crippen LogP contribution in [-0.2, 0) is 0 Å². The SMILES string of the molecule is N=C1C=C2C(CO)CC3C(CC[C@@]45CCCCC4[C@@H]4C[C@@H]4C35)C2CC1. The molecule has 0 aromatic carbocycles. The van der Waals surface area contributed by atoms with Gasteiger partial charge in [-0.1, -0.05) is 18.4 Å². The lowest BCUT2D eigenvalue weighted by molar-refractivity contribution is -0.0796. The van der Waals surface area contributed by atoms with Crippen LogP contribution >= 0.6 is 0 Å². The van der Waals surface area contributed by atoms with Gasteiger partial charge in [-0.3, -0.25) is 0 Å². The summed E-state index contributed by atoms with van der Waals surface area (Å²) in [5.41, 5.74) is 3.00. The van der Waals surface area contributed by atoms with Gasteiger partial charge in [0.25, 0.3) is 0 Å². The molecule has 5 fully saturated rings. The molecule has 136 valence electrons. The van der Waals surface area contributed by atoms with Gasteiger partial charge in [0.2, 0.25) is 0 Å². The Balaban J connectivity index is 1.39. The molecule has 6 aliphatic rings. The van der Waals surface area contributed by atoms with Crippen LogP contribution in [0.3, 0.4) is 0 Å². The fourth-order valence-corrected chi connectivity index (χ4v) is 9.23. The van der Waals surface area contributed by atoms with Crippen molar-refractivity contribution in [3.8, 4) is 0 Å². The standard InChI is InChI=1S/C23H33NO/c24-14-4-5-15-16-6-8-23-7-2-1-3-21(23)18-11-20(18)22(23)19(16)9-13(12-25)17(15)10-14/h10,13,15-16,18-22,24-25H,1-9,11-12H2/t13?,15?,16?,18-,19?,20+,21?,22?,23+/m1/s1. The monoisotopic (exact) mass is 339 g/mol. The van der Waals surface area contributed by atoms with Crippen LogP contribution in [0.4, 0.5) is 0 Å². The molecule has 0 aromatic heterocycles. The maximum Gasteiger partial charge on any atom is 0.0496 e. The Bertz CT molecular complexity index is 638. The molecule has 0 aliphatic heterocycles. The topological polar surface area (TPSA) is 44.1 Å². The van der Waals surface area contributed by atoms with Crippen molar-refractivity contribution in [3.05, 3.63) is 11.6 Å². The first-order chi connectivity index (χ1) is 12.2. The predicted octanol–water partition coefficient (Wildman–Crippen LogP) is 4.82. The molecule has 5 saturated carbocycles. The lowest BCUT2D eigenvalue weighted by atomic mass is 9.46. The van der Waals surface area contributed by atoms with Crippen molar-refractivity contribution in [2.75, 3.05) is 6.61 Å². The first-order valence-electron chi connectivity index (χ1n) is 11.1. The molecule has 0 aromatic rings. The number of allylic oxidation sites excluding steroid dienone is 1. The molecule has 1 spiro atoms. The molecule has 6 rings (SSSR count). The van der Waals surface area contributed by atoms with E-state index in [1.807, 2.05) is 0 Å². The van der Waals surface area contributed by atoms with Gasteiger partial charge in [0.05, 0.1) is 0 Å². The number of rotatable bonds is 1. The summed E-state index contributed by atoms with van der Waals surface area (Å²) in [6, 6.07) is 0. The van der Waals surface area contributed by atoms with E-state index in [1.54, 1.807) is 6.42 Å². The number of hydrogen-bond donors (Lipinski definition) is 2. The molecular weight excluding hydrogens is 306 g/mol. The van der Waals surface area contributed by atoms with E-state index in [0.29, 0.717) is 18.4 Å². The van der Waals surface area contributed by atoms with Crippen LogP contribution in [0.2, 0.25) is 0 Å². The zero-order valence-electron chi connectivity index (χ0n) is 15.4. The second kappa shape index (κ2) is 5.21. The molecule has 25 heavy (non-hydrogen) atoms. The zero-order valence-corrected chi connectivity index (χ0v) is 15.4. The summed E-state index contributed by atoms with van der Waals surface area (Å²) in [4.78, 5) is 0. The van der Waals surface area contributed by atoms with Crippen molar-refractivity contribution < 1.29 is 5.11 Å². The summed E-state index contributed by atoms with van der Waals surface area (Å²) in [6.45, 7) is 0.316. The zero-order chi connectivity index (χ0) is 16.8. The molecule has 6 aliphatic carbocycles. The maximum atomic E-state index is 10.1. The van der Waals surface area contributed by atoms with E-state index in [1.165, 1.54) is 56.9 Å². The minimum absolute atomic E-state index is 0.316. The quantitative estimate of drug-likeness (QED) is 0.706. The van der Waals surface area contributed by atoms with Gasteiger partial charge in [0.15, 0.2) is 0 Å². The average Bonchev–Trinajstić information content (AvgIpc) is 3.35. The van der Waals surface area contributed by atoms with Crippen molar-refractivity contribution in [2.45, 2.75) is 64.2 Å². The minimum atomic E-state index is 0.316. The van der Waals surface area contributed by atoms with Gasteiger partial charge in [-0.25, -0.2) is 0 Å². The van der Waals surface area contributed by atoms with Gasteiger partial charge >= 0.3 is 0 Å². The Morgan fingerprint density at radius 2 is 1.88 bits per heavy atom. The minimum Gasteiger partial charge on any atom is -0.396 e. The molecule has 0 saturated heterocycles. The lowest BCUT2D eigenvalue weighted by Crippen LogP contribution is -2.52. The van der Waals surface area contributed by atoms with Gasteiger partial charge in [-0.05, 0) is 104 Å². The van der Waals surface area contributed by atoms with Gasteiger partial charge in [-0.2, -0.15) is 0 Å². The molecule has 2 nitrogen and oxygen atoms in total. The number of nitrogens with one attached hydrogen (secondary N) is 1. The Morgan fingerprint density at radius 3 is 2.76 bits per heavy atom. The Hall–Kier alpha value is -0.630. The summed E-state index contributed by atoms with van der Waals surface area (Å²) in [6.07, 6.45) is 16.1. The lowest BCUT2D eigenvalue weighted by Gasteiger charge is -2.59. The third-order valence-corrected chi connectivity index (χ3v) is 9.89. The molecule has 0 heterocycles. The molecular formula is C23H33NO. The molecule has 2 N–H and O–H groups in total. The number of aliphatic hydroxyl groups excluding tert-OH is 1. The van der Waals surface area contributed by atoms with E-state index in [-0.39, 0.29) is 0 Å². The second-order valence-corrected chi connectivity index (χ2v) is 10.5. The molecule has 2 heteroatoms. The summed E-state index contributed by atoms with van der Waals surface area (Å²) in [5, 5.41) is 18.3. The van der Waals surface area contributed by atoms with Crippen LogP contribution in [0.1, 0.15) is 64.2 Å². The largest absolute Gasteiger partial charge is 0.396 e. The first-order valence-corrected chi connectivity index (χ1v) is 11.1. The van der Waals surface area contributed by atoms with Crippen molar-refractivity contribution in [1.29, 1.82) is 5.41 Å². The number of fused-ring (bicyclic) bond motifs is 7. The highest BCUT2D eigenvalue weighted by Gasteiger charge is 2.70. The van der Waals surface area contributed by atoms with E-state index in [4.69, 9.17) is 5.41 Å². The molecule has 6 unspecified atom stereocenters. The summed E-state index contributed by atoms with van der Waals surface area (Å²) in [7, 11) is 0. The van der Waals surface area contributed by atoms with E-state index in [2.05, 4.69) is 6.08 Å². The van der Waals surface area contributed by atoms with Crippen LogP contribution in [-0.4, -0.2) is 17.4 Å². The van der Waals surface area contributed by atoms with Crippen molar-refractivity contribution in [2.24, 2.45) is 52.8 Å². The fourth-order valence-electron chi connectivity index (χ4n) is 9.23. The Labute approximate surface area is 152 Å². The summed E-state index contributed by atoms with van der Waals surface area (Å²) >= 11 is 0. The number of hydrogen-bond acceptors (Lipinski definition) is 2. The van der Waals surface area contributed by atoms with E-state index in [0.717, 1.165) is 53.1 Å². The predicted molar refractivity (Wildman–Crippen MR) is 99.4 cm³/mol. The van der Waals surface area contributed by atoms with E-state index >= 15 is 0 Å². The van der Waals surface area contributed by atoms with Crippen molar-refractivity contribution >= 4 is 5.71 Å². The van der Waals surface area contributed by atoms with Crippen molar-refractivity contribution in [1.82, 2.24) is 0 Å². The third kappa shape index (κ3) is 1.93. The highest BCUT2D eigenvalue weighted by atomic mass is 16.3. The normalized spacial score (nSPS) is 56.0. The van der Waals surface area contributed by atoms with Crippen LogP contribution in [0.25, 0.3) is 0 Å². The Morgan fingerprint density at radius 1 is 1.00 bits per heavy atom. The molecule has 0 amide bonds. The highest BCUT2D eigenvalue weighted by molar-refractivity contribution is 5.93. The summed E-state index contributed by atoms with van der Waals surface area (Å²) < 4.78 is 0. The maximum absolute atomic E-state index is 10.1. The van der Waals surface area contributed by atoms with E-state index in [9.17, 15) is 5.11 Å². The fraction of sp³-hybridized carbons (Fsp3) is 0.870. The Kier molecular flexibility index (Phi) is 3.22. The average molecular weight is 340 g/mol. The molecule has 0 bridgehead atoms. The first kappa shape index (κ1) is 15.4. The van der Waals surface area contributed by atoms with Crippen LogP contribution < -0.4 is 0 Å². The van der Waals surface area contributed by atoms with Gasteiger partial charge in [0, 0.05) is 18.2 Å². The van der Waals surface area contributed by atoms with Gasteiger partial charge in [-0.15, -0.1) is 0 Å². The van der Waals surface area contributed by atoms with Crippen molar-refractivity contribution in [3.63, 3.8) is 0 Å². The van der Waals surface area contributed by atoms with E-state index < -0.39 is 0 Å². The molecule has 9 atom stereocenters. The second-order valence-electron chi connectivity index (χ2n) is 10.5. The smallest absolute Gasteiger partial charge is 0.0496 e.